The number of hydrogen-bond acceptors (Lipinski definition) is 2. The molecule has 3 heteroatoms. The van der Waals surface area contributed by atoms with Crippen molar-refractivity contribution in [3.63, 3.8) is 0 Å². The molecule has 0 heterocycles. The Kier molecular flexibility index (Phi) is 22.0. The second kappa shape index (κ2) is 20.4. The number of aliphatic carboxylic acids is 1. The first-order chi connectivity index (χ1) is 10.6. The van der Waals surface area contributed by atoms with Gasteiger partial charge in [-0.15, -0.1) is 0 Å². The van der Waals surface area contributed by atoms with Gasteiger partial charge in [-0.25, -0.2) is 0 Å². The number of hydrogen-bond donors (Lipinski definition) is 1. The van der Waals surface area contributed by atoms with E-state index in [0.717, 1.165) is 0 Å². The Morgan fingerprint density at radius 3 is 1.23 bits per heavy atom. The highest BCUT2D eigenvalue weighted by molar-refractivity contribution is 5.63. The van der Waals surface area contributed by atoms with E-state index in [1.165, 1.54) is 77.4 Å². The molecule has 0 unspecified atom stereocenters. The number of carboxylic acids is 1. The fourth-order valence-electron chi connectivity index (χ4n) is 2.45. The number of nitrogens with one attached hydrogen (secondary N) is 1. The molecule has 0 aliphatic heterocycles. The lowest BCUT2D eigenvalue weighted by Crippen LogP contribution is -3.12. The number of unbranched alkanes of at least 4 members (excludes halogenated alkanes) is 6. The van der Waals surface area contributed by atoms with Gasteiger partial charge in [0.05, 0.1) is 19.6 Å². The molecule has 0 saturated carbocycles. The van der Waals surface area contributed by atoms with Crippen molar-refractivity contribution in [1.82, 2.24) is 0 Å². The third kappa shape index (κ3) is 21.7. The Hall–Kier alpha value is -0.570. The van der Waals surface area contributed by atoms with Crippen molar-refractivity contribution in [2.24, 2.45) is 0 Å². The molecule has 3 nitrogen and oxygen atoms in total. The monoisotopic (exact) mass is 315 g/mol. The topological polar surface area (TPSA) is 44.6 Å². The van der Waals surface area contributed by atoms with Crippen molar-refractivity contribution in [3.05, 3.63) is 0 Å². The molecule has 1 N–H and O–H groups in total. The Morgan fingerprint density at radius 1 is 0.682 bits per heavy atom. The first-order valence-corrected chi connectivity index (χ1v) is 9.65. The summed E-state index contributed by atoms with van der Waals surface area (Å²) in [5, 5.41) is 9.49. The van der Waals surface area contributed by atoms with E-state index in [0.29, 0.717) is 6.42 Å². The average molecular weight is 316 g/mol. The van der Waals surface area contributed by atoms with Gasteiger partial charge in [0.2, 0.25) is 0 Å². The van der Waals surface area contributed by atoms with Crippen LogP contribution < -0.4 is 10.0 Å². The van der Waals surface area contributed by atoms with Crippen LogP contribution in [0.3, 0.4) is 0 Å². The Bertz CT molecular complexity index is 196. The van der Waals surface area contributed by atoms with Crippen LogP contribution in [-0.4, -0.2) is 25.6 Å². The zero-order valence-corrected chi connectivity index (χ0v) is 15.7. The molecule has 0 atom stereocenters. The van der Waals surface area contributed by atoms with Crippen LogP contribution in [0.1, 0.15) is 98.3 Å². The number of carbonyl (C=O) groups is 1. The molecule has 0 aliphatic rings. The van der Waals surface area contributed by atoms with Crippen LogP contribution in [0.15, 0.2) is 0 Å². The lowest BCUT2D eigenvalue weighted by molar-refractivity contribution is -0.900. The van der Waals surface area contributed by atoms with Gasteiger partial charge in [0, 0.05) is 5.97 Å². The number of rotatable bonds is 14. The molecular weight excluding hydrogens is 274 g/mol. The number of carboxylic acid groups (broad SMARTS) is 1. The predicted molar refractivity (Wildman–Crippen MR) is 94.1 cm³/mol. The van der Waals surface area contributed by atoms with E-state index in [4.69, 9.17) is 0 Å². The quantitative estimate of drug-likeness (QED) is 0.501. The fraction of sp³-hybridized carbons (Fsp3) is 0.947. The molecule has 134 valence electrons. The van der Waals surface area contributed by atoms with Crippen molar-refractivity contribution >= 4 is 5.97 Å². The van der Waals surface area contributed by atoms with Gasteiger partial charge in [0.25, 0.3) is 0 Å². The molecule has 0 rings (SSSR count). The molecule has 0 bridgehead atoms. The highest BCUT2D eigenvalue weighted by Crippen LogP contribution is 1.94. The summed E-state index contributed by atoms with van der Waals surface area (Å²) in [6.07, 6.45) is 13.5. The van der Waals surface area contributed by atoms with E-state index >= 15 is 0 Å². The van der Waals surface area contributed by atoms with Crippen LogP contribution in [0.2, 0.25) is 0 Å². The number of quaternary nitrogens is 1. The van der Waals surface area contributed by atoms with E-state index in [-0.39, 0.29) is 6.42 Å². The average Bonchev–Trinajstić information content (AvgIpc) is 2.48. The molecule has 0 amide bonds. The smallest absolute Gasteiger partial charge is 0.0770 e. The van der Waals surface area contributed by atoms with E-state index < -0.39 is 5.97 Å². The van der Waals surface area contributed by atoms with Crippen molar-refractivity contribution in [3.8, 4) is 0 Å². The molecule has 22 heavy (non-hydrogen) atoms. The Morgan fingerprint density at radius 2 is 1.05 bits per heavy atom. The van der Waals surface area contributed by atoms with E-state index in [1.807, 2.05) is 4.90 Å². The molecule has 0 aromatic rings. The summed E-state index contributed by atoms with van der Waals surface area (Å²) >= 11 is 0. The SMILES string of the molecule is CCCC(=O)[O-].CCCCC[NH+](CCCCC)CCCCC. The molecular formula is C19H41NO2. The molecule has 0 saturated heterocycles. The summed E-state index contributed by atoms with van der Waals surface area (Å²) in [5.74, 6) is -0.961. The highest BCUT2D eigenvalue weighted by atomic mass is 16.4. The largest absolute Gasteiger partial charge is 0.550 e. The second-order valence-electron chi connectivity index (χ2n) is 6.24. The number of carbonyl (C=O) groups excluding carboxylic acids is 1. The first kappa shape index (κ1) is 23.7. The van der Waals surface area contributed by atoms with E-state index in [9.17, 15) is 9.90 Å². The third-order valence-electron chi connectivity index (χ3n) is 3.86. The van der Waals surface area contributed by atoms with Crippen LogP contribution in [0, 0.1) is 0 Å². The summed E-state index contributed by atoms with van der Waals surface area (Å²) in [6.45, 7) is 13.0. The van der Waals surface area contributed by atoms with Gasteiger partial charge in [-0.1, -0.05) is 53.4 Å². The normalized spacial score (nSPS) is 10.4. The summed E-state index contributed by atoms with van der Waals surface area (Å²) in [6, 6.07) is 0. The van der Waals surface area contributed by atoms with Gasteiger partial charge < -0.3 is 14.8 Å². The fourth-order valence-corrected chi connectivity index (χ4v) is 2.45. The molecule has 0 fully saturated rings. The van der Waals surface area contributed by atoms with Crippen LogP contribution >= 0.6 is 0 Å². The Balaban J connectivity index is 0. The zero-order valence-electron chi connectivity index (χ0n) is 15.7. The molecule has 0 spiro atoms. The Labute approximate surface area is 139 Å². The summed E-state index contributed by atoms with van der Waals surface area (Å²) in [4.78, 5) is 11.4. The minimum Gasteiger partial charge on any atom is -0.550 e. The maximum absolute atomic E-state index is 9.49. The van der Waals surface area contributed by atoms with Gasteiger partial charge >= 0.3 is 0 Å². The van der Waals surface area contributed by atoms with Crippen molar-refractivity contribution in [2.75, 3.05) is 19.6 Å². The van der Waals surface area contributed by atoms with Crippen molar-refractivity contribution in [1.29, 1.82) is 0 Å². The van der Waals surface area contributed by atoms with E-state index in [2.05, 4.69) is 20.8 Å². The predicted octanol–water partition coefficient (Wildman–Crippen LogP) is 2.98. The van der Waals surface area contributed by atoms with Gasteiger partial charge in [-0.2, -0.15) is 0 Å². The lowest BCUT2D eigenvalue weighted by atomic mass is 10.2. The summed E-state index contributed by atoms with van der Waals surface area (Å²) in [7, 11) is 0. The molecule has 0 aromatic carbocycles. The standard InChI is InChI=1S/C15H33N.C4H8O2/c1-4-7-10-13-16(14-11-8-5-2)15-12-9-6-3;1-2-3-4(5)6/h4-15H2,1-3H3;2-3H2,1H3,(H,5,6). The minimum atomic E-state index is -0.961. The van der Waals surface area contributed by atoms with Gasteiger partial charge in [0.15, 0.2) is 0 Å². The maximum Gasteiger partial charge on any atom is 0.0770 e. The van der Waals surface area contributed by atoms with Crippen LogP contribution in [0.5, 0.6) is 0 Å². The van der Waals surface area contributed by atoms with Crippen LogP contribution in [0.4, 0.5) is 0 Å². The van der Waals surface area contributed by atoms with Gasteiger partial charge in [-0.3, -0.25) is 0 Å². The van der Waals surface area contributed by atoms with E-state index in [1.54, 1.807) is 6.92 Å². The molecule has 0 radical (unpaired) electrons. The third-order valence-corrected chi connectivity index (χ3v) is 3.86. The summed E-state index contributed by atoms with van der Waals surface area (Å²) < 4.78 is 0. The molecule has 0 aromatic heterocycles. The lowest BCUT2D eigenvalue weighted by Gasteiger charge is -2.19. The van der Waals surface area contributed by atoms with Gasteiger partial charge in [0.1, 0.15) is 0 Å². The maximum atomic E-state index is 9.49. The highest BCUT2D eigenvalue weighted by Gasteiger charge is 2.06. The minimum absolute atomic E-state index is 0.181. The van der Waals surface area contributed by atoms with Crippen LogP contribution in [0.25, 0.3) is 0 Å². The van der Waals surface area contributed by atoms with Crippen molar-refractivity contribution < 1.29 is 14.8 Å². The van der Waals surface area contributed by atoms with Crippen molar-refractivity contribution in [2.45, 2.75) is 98.3 Å². The summed E-state index contributed by atoms with van der Waals surface area (Å²) in [5.41, 5.74) is 0. The van der Waals surface area contributed by atoms with Gasteiger partial charge in [-0.05, 0) is 44.9 Å². The first-order valence-electron chi connectivity index (χ1n) is 9.65. The zero-order chi connectivity index (χ0) is 17.1. The van der Waals surface area contributed by atoms with Crippen LogP contribution in [-0.2, 0) is 4.79 Å². The molecule has 0 aliphatic carbocycles. The second-order valence-corrected chi connectivity index (χ2v) is 6.24.